The highest BCUT2D eigenvalue weighted by Gasteiger charge is 2.32. The van der Waals surface area contributed by atoms with Gasteiger partial charge in [0.05, 0.1) is 19.3 Å². The molecule has 0 fully saturated rings. The summed E-state index contributed by atoms with van der Waals surface area (Å²) in [6, 6.07) is 0. The Bertz CT molecular complexity index is 645. The van der Waals surface area contributed by atoms with E-state index in [0.29, 0.717) is 12.2 Å². The lowest BCUT2D eigenvalue weighted by Crippen LogP contribution is -2.29. The summed E-state index contributed by atoms with van der Waals surface area (Å²) < 4.78 is 5.78. The van der Waals surface area contributed by atoms with Crippen LogP contribution in [-0.2, 0) is 9.53 Å². The number of aliphatic carboxylic acids is 1. The zero-order valence-electron chi connectivity index (χ0n) is 16.6. The second kappa shape index (κ2) is 10.3. The SMILES string of the molecule is CC1=C(/C=C/C(C)=C/C=C/C(C)=C/C(=O)O)C(C)(C)CCC1OCCO. The molecule has 1 aliphatic carbocycles. The number of hydrogen-bond acceptors (Lipinski definition) is 3. The van der Waals surface area contributed by atoms with Crippen LogP contribution in [0.25, 0.3) is 0 Å². The standard InChI is InChI=1S/C22H32O4/c1-16(7-6-8-17(2)15-21(24)25)9-10-19-18(3)20(26-14-13-23)11-12-22(19,4)5/h6-10,15,20,23H,11-14H2,1-5H3,(H,24,25)/b8-6+,10-9+,16-7+,17-15+. The Morgan fingerprint density at radius 3 is 2.58 bits per heavy atom. The van der Waals surface area contributed by atoms with Crippen molar-refractivity contribution in [2.24, 2.45) is 5.41 Å². The third kappa shape index (κ3) is 7.14. The molecular weight excluding hydrogens is 328 g/mol. The molecule has 26 heavy (non-hydrogen) atoms. The minimum absolute atomic E-state index is 0.0439. The van der Waals surface area contributed by atoms with Gasteiger partial charge in [0.15, 0.2) is 0 Å². The summed E-state index contributed by atoms with van der Waals surface area (Å²) in [4.78, 5) is 10.6. The van der Waals surface area contributed by atoms with Crippen molar-refractivity contribution in [3.05, 3.63) is 58.7 Å². The minimum atomic E-state index is -0.937. The molecule has 0 radical (unpaired) electrons. The van der Waals surface area contributed by atoms with Gasteiger partial charge in [0.25, 0.3) is 0 Å². The predicted octanol–water partition coefficient (Wildman–Crippen LogP) is 4.59. The summed E-state index contributed by atoms with van der Waals surface area (Å²) in [6.07, 6.45) is 13.1. The number of allylic oxidation sites excluding steroid dienone is 8. The lowest BCUT2D eigenvalue weighted by molar-refractivity contribution is -0.131. The van der Waals surface area contributed by atoms with Gasteiger partial charge < -0.3 is 14.9 Å². The molecule has 0 saturated heterocycles. The molecule has 0 amide bonds. The smallest absolute Gasteiger partial charge is 0.328 e. The highest BCUT2D eigenvalue weighted by Crippen LogP contribution is 2.41. The van der Waals surface area contributed by atoms with E-state index in [9.17, 15) is 4.79 Å². The highest BCUT2D eigenvalue weighted by atomic mass is 16.5. The van der Waals surface area contributed by atoms with E-state index in [0.717, 1.165) is 18.4 Å². The number of carboxylic acids is 1. The van der Waals surface area contributed by atoms with Gasteiger partial charge in [-0.15, -0.1) is 0 Å². The maximum absolute atomic E-state index is 10.6. The molecule has 0 aromatic rings. The molecule has 0 aromatic carbocycles. The van der Waals surface area contributed by atoms with Crippen molar-refractivity contribution in [1.29, 1.82) is 0 Å². The van der Waals surface area contributed by atoms with Crippen LogP contribution in [0.4, 0.5) is 0 Å². The van der Waals surface area contributed by atoms with Gasteiger partial charge in [0.1, 0.15) is 0 Å². The third-order valence-electron chi connectivity index (χ3n) is 4.66. The molecule has 1 aliphatic rings. The Labute approximate surface area is 157 Å². The Hall–Kier alpha value is -1.91. The molecule has 0 aromatic heterocycles. The highest BCUT2D eigenvalue weighted by molar-refractivity contribution is 5.81. The molecule has 0 bridgehead atoms. The number of carbonyl (C=O) groups is 1. The van der Waals surface area contributed by atoms with Crippen LogP contribution in [-0.4, -0.2) is 35.5 Å². The fraction of sp³-hybridized carbons (Fsp3) is 0.500. The zero-order valence-corrected chi connectivity index (χ0v) is 16.6. The van der Waals surface area contributed by atoms with Crippen molar-refractivity contribution in [2.75, 3.05) is 13.2 Å². The second-order valence-electron chi connectivity index (χ2n) is 7.43. The van der Waals surface area contributed by atoms with Crippen LogP contribution in [0, 0.1) is 5.41 Å². The lowest BCUT2D eigenvalue weighted by atomic mass is 9.71. The summed E-state index contributed by atoms with van der Waals surface area (Å²) in [5.41, 5.74) is 4.39. The van der Waals surface area contributed by atoms with E-state index in [4.69, 9.17) is 14.9 Å². The van der Waals surface area contributed by atoms with Gasteiger partial charge in [-0.2, -0.15) is 0 Å². The van der Waals surface area contributed by atoms with Gasteiger partial charge >= 0.3 is 5.97 Å². The molecule has 2 N–H and O–H groups in total. The van der Waals surface area contributed by atoms with Gasteiger partial charge in [-0.3, -0.25) is 0 Å². The normalized spacial score (nSPS) is 21.8. The molecule has 0 spiro atoms. The first-order valence-electron chi connectivity index (χ1n) is 9.05. The van der Waals surface area contributed by atoms with E-state index in [-0.39, 0.29) is 18.1 Å². The predicted molar refractivity (Wildman–Crippen MR) is 106 cm³/mol. The first-order chi connectivity index (χ1) is 12.2. The lowest BCUT2D eigenvalue weighted by Gasteiger charge is -2.37. The zero-order chi connectivity index (χ0) is 19.7. The quantitative estimate of drug-likeness (QED) is 0.491. The van der Waals surface area contributed by atoms with Crippen LogP contribution in [0.3, 0.4) is 0 Å². The van der Waals surface area contributed by atoms with E-state index in [1.807, 2.05) is 19.1 Å². The van der Waals surface area contributed by atoms with Crippen molar-refractivity contribution in [2.45, 2.75) is 53.6 Å². The molecule has 0 heterocycles. The second-order valence-corrected chi connectivity index (χ2v) is 7.43. The fourth-order valence-corrected chi connectivity index (χ4v) is 3.18. The molecular formula is C22H32O4. The topological polar surface area (TPSA) is 66.8 Å². The molecule has 1 unspecified atom stereocenters. The van der Waals surface area contributed by atoms with Crippen molar-refractivity contribution in [3.63, 3.8) is 0 Å². The third-order valence-corrected chi connectivity index (χ3v) is 4.66. The molecule has 0 saturated carbocycles. The number of aliphatic hydroxyl groups is 1. The summed E-state index contributed by atoms with van der Waals surface area (Å²) in [7, 11) is 0. The van der Waals surface area contributed by atoms with Crippen molar-refractivity contribution in [3.8, 4) is 0 Å². The van der Waals surface area contributed by atoms with Gasteiger partial charge in [-0.25, -0.2) is 4.79 Å². The van der Waals surface area contributed by atoms with Crippen molar-refractivity contribution >= 4 is 5.97 Å². The van der Waals surface area contributed by atoms with Crippen molar-refractivity contribution in [1.82, 2.24) is 0 Å². The fourth-order valence-electron chi connectivity index (χ4n) is 3.18. The van der Waals surface area contributed by atoms with Crippen LogP contribution < -0.4 is 0 Å². The first-order valence-corrected chi connectivity index (χ1v) is 9.05. The van der Waals surface area contributed by atoms with Gasteiger partial charge in [-0.1, -0.05) is 49.8 Å². The summed E-state index contributed by atoms with van der Waals surface area (Å²) in [6.45, 7) is 10.8. The Balaban J connectivity index is 2.92. The van der Waals surface area contributed by atoms with E-state index in [1.165, 1.54) is 17.2 Å². The van der Waals surface area contributed by atoms with Crippen LogP contribution >= 0.6 is 0 Å². The summed E-state index contributed by atoms with van der Waals surface area (Å²) >= 11 is 0. The Kier molecular flexibility index (Phi) is 8.76. The summed E-state index contributed by atoms with van der Waals surface area (Å²) in [5, 5.41) is 17.7. The monoisotopic (exact) mass is 360 g/mol. The number of hydrogen-bond donors (Lipinski definition) is 2. The minimum Gasteiger partial charge on any atom is -0.478 e. The Morgan fingerprint density at radius 1 is 1.27 bits per heavy atom. The number of carboxylic acid groups (broad SMARTS) is 1. The average molecular weight is 360 g/mol. The Morgan fingerprint density at radius 2 is 1.96 bits per heavy atom. The number of rotatable bonds is 8. The number of aliphatic hydroxyl groups excluding tert-OH is 1. The van der Waals surface area contributed by atoms with Gasteiger partial charge in [-0.05, 0) is 55.7 Å². The van der Waals surface area contributed by atoms with E-state index >= 15 is 0 Å². The van der Waals surface area contributed by atoms with E-state index in [2.05, 4.69) is 32.9 Å². The van der Waals surface area contributed by atoms with Crippen molar-refractivity contribution < 1.29 is 19.7 Å². The largest absolute Gasteiger partial charge is 0.478 e. The maximum Gasteiger partial charge on any atom is 0.328 e. The van der Waals surface area contributed by atoms with Crippen LogP contribution in [0.15, 0.2) is 58.7 Å². The molecule has 144 valence electrons. The van der Waals surface area contributed by atoms with Gasteiger partial charge in [0.2, 0.25) is 0 Å². The summed E-state index contributed by atoms with van der Waals surface area (Å²) in [5.74, 6) is -0.937. The van der Waals surface area contributed by atoms with Crippen LogP contribution in [0.1, 0.15) is 47.5 Å². The molecule has 0 aliphatic heterocycles. The van der Waals surface area contributed by atoms with Crippen LogP contribution in [0.2, 0.25) is 0 Å². The van der Waals surface area contributed by atoms with E-state index < -0.39 is 5.97 Å². The molecule has 1 atom stereocenters. The molecule has 4 heteroatoms. The first kappa shape index (κ1) is 22.1. The molecule has 1 rings (SSSR count). The number of ether oxygens (including phenoxy) is 1. The maximum atomic E-state index is 10.6. The van der Waals surface area contributed by atoms with Crippen LogP contribution in [0.5, 0.6) is 0 Å². The average Bonchev–Trinajstić information content (AvgIpc) is 2.53. The van der Waals surface area contributed by atoms with Gasteiger partial charge in [0, 0.05) is 6.08 Å². The van der Waals surface area contributed by atoms with E-state index in [1.54, 1.807) is 13.0 Å². The molecule has 4 nitrogen and oxygen atoms in total.